The fourth-order valence-corrected chi connectivity index (χ4v) is 0.368. The molecule has 0 bridgehead atoms. The van der Waals surface area contributed by atoms with Gasteiger partial charge in [0.15, 0.2) is 0 Å². The van der Waals surface area contributed by atoms with Crippen LogP contribution in [-0.2, 0) is 0 Å². The monoisotopic (exact) mass is 228 g/mol. The Hall–Kier alpha value is -0.820. The molecule has 0 spiro atoms. The minimum Gasteiger partial charge on any atom is -0.203 e. The van der Waals surface area contributed by atoms with Crippen LogP contribution in [0.25, 0.3) is 0 Å². The maximum atomic E-state index is 11.9. The first kappa shape index (κ1) is 13.2. The van der Waals surface area contributed by atoms with Crippen molar-refractivity contribution in [1.82, 2.24) is 0 Å². The van der Waals surface area contributed by atoms with Crippen LogP contribution < -0.4 is 0 Å². The number of hydrogen-bond donors (Lipinski definition) is 0. The first-order chi connectivity index (χ1) is 6.09. The largest absolute Gasteiger partial charge is 0.326 e. The number of hydrogen-bond acceptors (Lipinski definition) is 0. The summed E-state index contributed by atoms with van der Waals surface area (Å²) < 4.78 is 93.1. The van der Waals surface area contributed by atoms with E-state index < -0.39 is 36.8 Å². The predicted octanol–water partition coefficient (Wildman–Crippen LogP) is 3.34. The van der Waals surface area contributed by atoms with Gasteiger partial charge >= 0.3 is 24.7 Å². The summed E-state index contributed by atoms with van der Waals surface area (Å²) in [5.41, 5.74) is 0. The zero-order valence-corrected chi connectivity index (χ0v) is 6.33. The Bertz CT molecular complexity index is 184. The van der Waals surface area contributed by atoms with Gasteiger partial charge in [0.05, 0.1) is 0 Å². The van der Waals surface area contributed by atoms with Gasteiger partial charge in [0.25, 0.3) is 0 Å². The summed E-state index contributed by atoms with van der Waals surface area (Å²) in [6.07, 6.45) is -10.3. The number of allylic oxidation sites excluding steroid dienone is 2. The highest BCUT2D eigenvalue weighted by Gasteiger charge is 2.42. The smallest absolute Gasteiger partial charge is 0.203 e. The van der Waals surface area contributed by atoms with E-state index in [4.69, 9.17) is 0 Å². The Morgan fingerprint density at radius 2 is 0.857 bits per heavy atom. The highest BCUT2D eigenvalue weighted by molar-refractivity contribution is 5.04. The first-order valence-electron chi connectivity index (χ1n) is 3.12. The van der Waals surface area contributed by atoms with Crippen molar-refractivity contribution in [3.8, 4) is 0 Å². The van der Waals surface area contributed by atoms with Gasteiger partial charge in [0.1, 0.15) is 0 Å². The topological polar surface area (TPSA) is 0 Å². The quantitative estimate of drug-likeness (QED) is 0.511. The molecule has 0 nitrogen and oxygen atoms in total. The fraction of sp³-hybridized carbons (Fsp3) is 0.667. The highest BCUT2D eigenvalue weighted by Crippen LogP contribution is 2.29. The maximum absolute atomic E-state index is 11.9. The minimum atomic E-state index is -4.84. The van der Waals surface area contributed by atoms with Gasteiger partial charge in [-0.15, -0.1) is 0 Å². The van der Waals surface area contributed by atoms with Crippen molar-refractivity contribution < 1.29 is 35.1 Å². The molecular weight excluding hydrogens is 224 g/mol. The van der Waals surface area contributed by atoms with Crippen molar-refractivity contribution in [2.75, 3.05) is 0 Å². The second-order valence-electron chi connectivity index (χ2n) is 2.28. The molecule has 0 saturated carbocycles. The molecule has 0 aliphatic carbocycles. The second kappa shape index (κ2) is 4.14. The maximum Gasteiger partial charge on any atom is 0.326 e. The van der Waals surface area contributed by atoms with Crippen molar-refractivity contribution in [1.29, 1.82) is 0 Å². The lowest BCUT2D eigenvalue weighted by Gasteiger charge is -2.13. The second-order valence-corrected chi connectivity index (χ2v) is 2.28. The summed E-state index contributed by atoms with van der Waals surface area (Å²) in [7, 11) is 0. The van der Waals surface area contributed by atoms with Gasteiger partial charge in [-0.25, -0.2) is 17.6 Å². The summed E-state index contributed by atoms with van der Waals surface area (Å²) in [6.45, 7) is 0. The molecule has 0 N–H and O–H groups in total. The van der Waals surface area contributed by atoms with E-state index in [9.17, 15) is 35.1 Å². The number of rotatable bonds is 4. The SMILES string of the molecule is FC(F)C(F)(F)/C=C\C(F)(F)C(F)F. The molecule has 0 aromatic rings. The van der Waals surface area contributed by atoms with Crippen LogP contribution in [0.3, 0.4) is 0 Å². The van der Waals surface area contributed by atoms with E-state index in [0.29, 0.717) is 0 Å². The third kappa shape index (κ3) is 3.51. The Morgan fingerprint density at radius 1 is 0.643 bits per heavy atom. The van der Waals surface area contributed by atoms with E-state index in [2.05, 4.69) is 0 Å². The minimum absolute atomic E-state index is 0.927. The summed E-state index contributed by atoms with van der Waals surface area (Å²) in [5.74, 6) is -9.67. The highest BCUT2D eigenvalue weighted by atomic mass is 19.3. The molecule has 0 amide bonds. The number of alkyl halides is 8. The van der Waals surface area contributed by atoms with Crippen LogP contribution in [0.15, 0.2) is 12.2 Å². The molecule has 84 valence electrons. The summed E-state index contributed by atoms with van der Waals surface area (Å²) in [6, 6.07) is 0. The van der Waals surface area contributed by atoms with Crippen LogP contribution in [-0.4, -0.2) is 24.7 Å². The van der Waals surface area contributed by atoms with Crippen LogP contribution in [0.2, 0.25) is 0 Å². The average molecular weight is 228 g/mol. The van der Waals surface area contributed by atoms with Gasteiger partial charge in [-0.1, -0.05) is 0 Å². The molecule has 0 aliphatic rings. The lowest BCUT2D eigenvalue weighted by atomic mass is 10.2. The van der Waals surface area contributed by atoms with Crippen molar-refractivity contribution in [2.45, 2.75) is 24.7 Å². The van der Waals surface area contributed by atoms with Gasteiger partial charge < -0.3 is 0 Å². The van der Waals surface area contributed by atoms with Gasteiger partial charge in [-0.05, 0) is 12.2 Å². The van der Waals surface area contributed by atoms with Crippen molar-refractivity contribution >= 4 is 0 Å². The van der Waals surface area contributed by atoms with E-state index in [1.165, 1.54) is 0 Å². The van der Waals surface area contributed by atoms with E-state index in [1.807, 2.05) is 0 Å². The van der Waals surface area contributed by atoms with Gasteiger partial charge in [-0.3, -0.25) is 0 Å². The van der Waals surface area contributed by atoms with Gasteiger partial charge in [0.2, 0.25) is 0 Å². The van der Waals surface area contributed by atoms with Crippen LogP contribution in [0.4, 0.5) is 35.1 Å². The molecule has 0 rings (SSSR count). The molecule has 0 atom stereocenters. The van der Waals surface area contributed by atoms with Crippen LogP contribution in [0.5, 0.6) is 0 Å². The van der Waals surface area contributed by atoms with Gasteiger partial charge in [-0.2, -0.15) is 17.6 Å². The zero-order valence-electron chi connectivity index (χ0n) is 6.33. The molecule has 0 unspecified atom stereocenters. The molecule has 14 heavy (non-hydrogen) atoms. The lowest BCUT2D eigenvalue weighted by molar-refractivity contribution is -0.104. The molecule has 8 heteroatoms. The molecule has 0 fully saturated rings. The molecular formula is C6H4F8. The third-order valence-corrected chi connectivity index (χ3v) is 1.11. The van der Waals surface area contributed by atoms with E-state index in [-0.39, 0.29) is 0 Å². The average Bonchev–Trinajstić information content (AvgIpc) is 2.01. The molecule has 0 saturated heterocycles. The van der Waals surface area contributed by atoms with Crippen molar-refractivity contribution in [2.24, 2.45) is 0 Å². The summed E-state index contributed by atoms with van der Waals surface area (Å²) in [4.78, 5) is 0. The predicted molar refractivity (Wildman–Crippen MR) is 31.0 cm³/mol. The van der Waals surface area contributed by atoms with Crippen LogP contribution in [0.1, 0.15) is 0 Å². The Morgan fingerprint density at radius 3 is 1.00 bits per heavy atom. The molecule has 0 radical (unpaired) electrons. The molecule has 0 aromatic heterocycles. The Kier molecular flexibility index (Phi) is 3.90. The summed E-state index contributed by atoms with van der Waals surface area (Å²) >= 11 is 0. The first-order valence-corrected chi connectivity index (χ1v) is 3.12. The zero-order chi connectivity index (χ0) is 11.6. The Labute approximate surface area is 73.2 Å². The van der Waals surface area contributed by atoms with Gasteiger partial charge in [0, 0.05) is 0 Å². The molecule has 0 aliphatic heterocycles. The number of halogens is 8. The third-order valence-electron chi connectivity index (χ3n) is 1.11. The molecule has 0 heterocycles. The standard InChI is InChI=1S/C6H4F8/c7-3(8)5(11,12)1-2-6(13,14)4(9)10/h1-4H/b2-1-. The Balaban J connectivity index is 4.59. The van der Waals surface area contributed by atoms with Crippen LogP contribution in [0, 0.1) is 0 Å². The fourth-order valence-electron chi connectivity index (χ4n) is 0.368. The van der Waals surface area contributed by atoms with Crippen molar-refractivity contribution in [3.05, 3.63) is 12.2 Å². The van der Waals surface area contributed by atoms with E-state index in [1.54, 1.807) is 0 Å². The lowest BCUT2D eigenvalue weighted by Crippen LogP contribution is -2.28. The summed E-state index contributed by atoms with van der Waals surface area (Å²) in [5, 5.41) is 0. The van der Waals surface area contributed by atoms with E-state index in [0.717, 1.165) is 0 Å². The normalized spacial score (nSPS) is 14.7. The van der Waals surface area contributed by atoms with Crippen molar-refractivity contribution in [3.63, 3.8) is 0 Å². The molecule has 0 aromatic carbocycles. The van der Waals surface area contributed by atoms with E-state index >= 15 is 0 Å². The van der Waals surface area contributed by atoms with Crippen LogP contribution >= 0.6 is 0 Å².